The predicted octanol–water partition coefficient (Wildman–Crippen LogP) is 5.17. The maximum atomic E-state index is 12.3. The topological polar surface area (TPSA) is 89.0 Å². The van der Waals surface area contributed by atoms with Gasteiger partial charge in [-0.2, -0.15) is 5.10 Å². The first-order chi connectivity index (χ1) is 17.0. The van der Waals surface area contributed by atoms with Gasteiger partial charge < -0.3 is 14.8 Å². The summed E-state index contributed by atoms with van der Waals surface area (Å²) < 4.78 is 11.2. The molecule has 0 unspecified atom stereocenters. The molecule has 4 aromatic rings. The summed E-state index contributed by atoms with van der Waals surface area (Å²) in [5, 5.41) is 8.96. The van der Waals surface area contributed by atoms with Gasteiger partial charge in [-0.25, -0.2) is 5.43 Å². The first kappa shape index (κ1) is 23.8. The van der Waals surface area contributed by atoms with E-state index in [4.69, 9.17) is 21.1 Å². The second-order valence-electron chi connectivity index (χ2n) is 7.51. The molecule has 0 fully saturated rings. The fraction of sp³-hybridized carbons (Fsp3) is 0.0741. The number of amides is 2. The minimum atomic E-state index is -0.885. The van der Waals surface area contributed by atoms with E-state index >= 15 is 0 Å². The van der Waals surface area contributed by atoms with Crippen LogP contribution in [-0.4, -0.2) is 25.1 Å². The minimum Gasteiger partial charge on any atom is -0.493 e. The molecule has 0 aliphatic rings. The Balaban J connectivity index is 1.35. The highest BCUT2D eigenvalue weighted by Gasteiger charge is 2.14. The zero-order valence-electron chi connectivity index (χ0n) is 18.8. The molecular weight excluding hydrogens is 466 g/mol. The molecule has 0 bridgehead atoms. The number of ether oxygens (including phenoxy) is 2. The number of rotatable bonds is 7. The van der Waals surface area contributed by atoms with Gasteiger partial charge in [-0.05, 0) is 52.9 Å². The van der Waals surface area contributed by atoms with Gasteiger partial charge in [-0.1, -0.05) is 60.1 Å². The monoisotopic (exact) mass is 487 g/mol. The van der Waals surface area contributed by atoms with E-state index in [1.54, 1.807) is 36.4 Å². The number of anilines is 1. The number of methoxy groups -OCH3 is 1. The molecule has 0 atom stereocenters. The van der Waals surface area contributed by atoms with E-state index < -0.39 is 11.8 Å². The number of hydrogen-bond donors (Lipinski definition) is 2. The Labute approximate surface area is 207 Å². The standard InChI is InChI=1S/C27H22ClN3O4/c1-34-25-15-19(11-14-24(25)35-17-18-9-12-21(28)13-10-18)16-29-31-27(33)26(32)30-23-8-4-6-20-5-2-3-7-22(20)23/h2-16H,17H2,1H3,(H,30,32)(H,31,33). The van der Waals surface area contributed by atoms with Crippen LogP contribution in [0.5, 0.6) is 11.5 Å². The molecule has 35 heavy (non-hydrogen) atoms. The molecule has 0 aromatic heterocycles. The molecular formula is C27H22ClN3O4. The zero-order chi connectivity index (χ0) is 24.6. The third-order valence-corrected chi connectivity index (χ3v) is 5.37. The molecule has 2 amide bonds. The smallest absolute Gasteiger partial charge is 0.329 e. The van der Waals surface area contributed by atoms with Gasteiger partial charge >= 0.3 is 11.8 Å². The molecule has 0 radical (unpaired) electrons. The van der Waals surface area contributed by atoms with Crippen molar-refractivity contribution in [3.63, 3.8) is 0 Å². The van der Waals surface area contributed by atoms with Crippen molar-refractivity contribution in [2.24, 2.45) is 5.10 Å². The first-order valence-corrected chi connectivity index (χ1v) is 11.1. The quantitative estimate of drug-likeness (QED) is 0.214. The number of hydrogen-bond acceptors (Lipinski definition) is 5. The van der Waals surface area contributed by atoms with Gasteiger partial charge in [0.1, 0.15) is 6.61 Å². The Morgan fingerprint density at radius 2 is 1.69 bits per heavy atom. The summed E-state index contributed by atoms with van der Waals surface area (Å²) in [6, 6.07) is 25.6. The van der Waals surface area contributed by atoms with Gasteiger partial charge in [0.25, 0.3) is 0 Å². The lowest BCUT2D eigenvalue weighted by molar-refractivity contribution is -0.136. The van der Waals surface area contributed by atoms with Crippen molar-refractivity contribution in [1.82, 2.24) is 5.43 Å². The molecule has 0 aliphatic carbocycles. The number of nitrogens with one attached hydrogen (secondary N) is 2. The highest BCUT2D eigenvalue weighted by Crippen LogP contribution is 2.28. The van der Waals surface area contributed by atoms with E-state index in [2.05, 4.69) is 15.8 Å². The molecule has 0 saturated heterocycles. The third-order valence-electron chi connectivity index (χ3n) is 5.12. The fourth-order valence-corrected chi connectivity index (χ4v) is 3.48. The van der Waals surface area contributed by atoms with Crippen LogP contribution in [0.2, 0.25) is 5.02 Å². The maximum Gasteiger partial charge on any atom is 0.329 e. The van der Waals surface area contributed by atoms with E-state index in [9.17, 15) is 9.59 Å². The Morgan fingerprint density at radius 1 is 0.914 bits per heavy atom. The summed E-state index contributed by atoms with van der Waals surface area (Å²) in [6.07, 6.45) is 1.41. The summed E-state index contributed by atoms with van der Waals surface area (Å²) in [4.78, 5) is 24.5. The number of benzene rings is 4. The van der Waals surface area contributed by atoms with Crippen LogP contribution >= 0.6 is 11.6 Å². The molecule has 8 heteroatoms. The molecule has 176 valence electrons. The number of carbonyl (C=O) groups is 2. The molecule has 4 aromatic carbocycles. The lowest BCUT2D eigenvalue weighted by Gasteiger charge is -2.11. The number of hydrazone groups is 1. The van der Waals surface area contributed by atoms with Crippen molar-refractivity contribution < 1.29 is 19.1 Å². The highest BCUT2D eigenvalue weighted by molar-refractivity contribution is 6.40. The number of carbonyl (C=O) groups excluding carboxylic acids is 2. The highest BCUT2D eigenvalue weighted by atomic mass is 35.5. The van der Waals surface area contributed by atoms with Gasteiger partial charge in [-0.3, -0.25) is 9.59 Å². The molecule has 4 rings (SSSR count). The fourth-order valence-electron chi connectivity index (χ4n) is 3.36. The summed E-state index contributed by atoms with van der Waals surface area (Å²) in [5.41, 5.74) is 4.40. The van der Waals surface area contributed by atoms with Crippen LogP contribution in [0, 0.1) is 0 Å². The van der Waals surface area contributed by atoms with E-state index in [1.807, 2.05) is 48.5 Å². The van der Waals surface area contributed by atoms with E-state index in [0.29, 0.717) is 34.4 Å². The Kier molecular flexibility index (Phi) is 7.60. The maximum absolute atomic E-state index is 12.3. The van der Waals surface area contributed by atoms with Crippen molar-refractivity contribution in [2.45, 2.75) is 6.61 Å². The second kappa shape index (κ2) is 11.2. The number of halogens is 1. The van der Waals surface area contributed by atoms with Crippen LogP contribution in [-0.2, 0) is 16.2 Å². The van der Waals surface area contributed by atoms with Crippen LogP contribution in [0.25, 0.3) is 10.8 Å². The number of nitrogens with zero attached hydrogens (tertiary/aromatic N) is 1. The summed E-state index contributed by atoms with van der Waals surface area (Å²) in [6.45, 7) is 0.350. The van der Waals surface area contributed by atoms with Gasteiger partial charge in [0.2, 0.25) is 0 Å². The van der Waals surface area contributed by atoms with Crippen molar-refractivity contribution in [3.8, 4) is 11.5 Å². The molecule has 0 saturated carbocycles. The average molecular weight is 488 g/mol. The van der Waals surface area contributed by atoms with Crippen LogP contribution in [0.3, 0.4) is 0 Å². The summed E-state index contributed by atoms with van der Waals surface area (Å²) in [7, 11) is 1.53. The normalized spacial score (nSPS) is 10.8. The van der Waals surface area contributed by atoms with Crippen LogP contribution < -0.4 is 20.2 Å². The summed E-state index contributed by atoms with van der Waals surface area (Å²) >= 11 is 5.91. The van der Waals surface area contributed by atoms with Gasteiger partial charge in [0.05, 0.1) is 13.3 Å². The van der Waals surface area contributed by atoms with Crippen molar-refractivity contribution in [1.29, 1.82) is 0 Å². The van der Waals surface area contributed by atoms with Crippen LogP contribution in [0.1, 0.15) is 11.1 Å². The lowest BCUT2D eigenvalue weighted by atomic mass is 10.1. The first-order valence-electron chi connectivity index (χ1n) is 10.7. The largest absolute Gasteiger partial charge is 0.493 e. The van der Waals surface area contributed by atoms with Crippen LogP contribution in [0.15, 0.2) is 90.0 Å². The third kappa shape index (κ3) is 6.16. The van der Waals surface area contributed by atoms with Crippen molar-refractivity contribution >= 4 is 46.1 Å². The van der Waals surface area contributed by atoms with E-state index in [-0.39, 0.29) is 0 Å². The molecule has 2 N–H and O–H groups in total. The van der Waals surface area contributed by atoms with Gasteiger partial charge in [0, 0.05) is 16.1 Å². The average Bonchev–Trinajstić information content (AvgIpc) is 2.88. The van der Waals surface area contributed by atoms with E-state index in [1.165, 1.54) is 13.3 Å². The Morgan fingerprint density at radius 3 is 2.49 bits per heavy atom. The molecule has 0 aliphatic heterocycles. The van der Waals surface area contributed by atoms with Crippen molar-refractivity contribution in [3.05, 3.63) is 101 Å². The lowest BCUT2D eigenvalue weighted by Crippen LogP contribution is -2.32. The van der Waals surface area contributed by atoms with Gasteiger partial charge in [-0.15, -0.1) is 0 Å². The van der Waals surface area contributed by atoms with Crippen molar-refractivity contribution in [2.75, 3.05) is 12.4 Å². The molecule has 0 heterocycles. The second-order valence-corrected chi connectivity index (χ2v) is 7.94. The van der Waals surface area contributed by atoms with Gasteiger partial charge in [0.15, 0.2) is 11.5 Å². The SMILES string of the molecule is COc1cc(C=NNC(=O)C(=O)Nc2cccc3ccccc23)ccc1OCc1ccc(Cl)cc1. The molecule has 0 spiro atoms. The van der Waals surface area contributed by atoms with Crippen LogP contribution in [0.4, 0.5) is 5.69 Å². The van der Waals surface area contributed by atoms with E-state index in [0.717, 1.165) is 16.3 Å². The number of fused-ring (bicyclic) bond motifs is 1. The minimum absolute atomic E-state index is 0.350. The molecule has 7 nitrogen and oxygen atoms in total. The zero-order valence-corrected chi connectivity index (χ0v) is 19.6. The Hall–Kier alpha value is -4.36. The Bertz CT molecular complexity index is 1380. The predicted molar refractivity (Wildman–Crippen MR) is 137 cm³/mol. The summed E-state index contributed by atoms with van der Waals surface area (Å²) in [5.74, 6) is -0.646.